The molecule has 1 unspecified atom stereocenters. The molecule has 8 nitrogen and oxygen atoms in total. The van der Waals surface area contributed by atoms with Gasteiger partial charge in [-0.05, 0) is 48.2 Å². The molecule has 0 spiro atoms. The molecule has 5 amide bonds. The van der Waals surface area contributed by atoms with Crippen molar-refractivity contribution in [2.75, 3.05) is 12.4 Å². The number of aryl methyl sites for hydroxylation is 1. The van der Waals surface area contributed by atoms with E-state index in [-0.39, 0.29) is 37.4 Å². The maximum atomic E-state index is 13.0. The number of benzene rings is 2. The number of hydrogen-bond donors (Lipinski definition) is 2. The summed E-state index contributed by atoms with van der Waals surface area (Å²) in [5.41, 5.74) is 3.65. The van der Waals surface area contributed by atoms with E-state index in [2.05, 4.69) is 10.6 Å². The number of amides is 5. The molecule has 1 saturated heterocycles. The zero-order valence-corrected chi connectivity index (χ0v) is 18.5. The van der Waals surface area contributed by atoms with Gasteiger partial charge >= 0.3 is 6.03 Å². The molecule has 0 saturated carbocycles. The minimum Gasteiger partial charge on any atom is -0.323 e. The molecule has 166 valence electrons. The average molecular weight is 455 g/mol. The van der Waals surface area contributed by atoms with Crippen molar-refractivity contribution in [3.63, 3.8) is 0 Å². The van der Waals surface area contributed by atoms with E-state index in [9.17, 15) is 19.2 Å². The highest BCUT2D eigenvalue weighted by molar-refractivity contribution is 6.31. The van der Waals surface area contributed by atoms with Crippen molar-refractivity contribution in [3.8, 4) is 0 Å². The van der Waals surface area contributed by atoms with Gasteiger partial charge in [-0.2, -0.15) is 0 Å². The Morgan fingerprint density at radius 3 is 2.75 bits per heavy atom. The largest absolute Gasteiger partial charge is 0.323 e. The molecular formula is C23H23ClN4O4. The number of halogens is 1. The summed E-state index contributed by atoms with van der Waals surface area (Å²) in [7, 11) is 1.67. The summed E-state index contributed by atoms with van der Waals surface area (Å²) >= 11 is 6.13. The molecule has 0 radical (unpaired) electrons. The number of fused-ring (bicyclic) bond motifs is 1. The summed E-state index contributed by atoms with van der Waals surface area (Å²) in [4.78, 5) is 52.4. The van der Waals surface area contributed by atoms with Gasteiger partial charge in [-0.25, -0.2) is 4.79 Å². The fourth-order valence-electron chi connectivity index (χ4n) is 4.01. The van der Waals surface area contributed by atoms with E-state index < -0.39 is 11.9 Å². The summed E-state index contributed by atoms with van der Waals surface area (Å²) in [6.45, 7) is 2.43. The Kier molecular flexibility index (Phi) is 5.88. The smallest absolute Gasteiger partial charge is 0.321 e. The molecule has 4 rings (SSSR count). The number of urea groups is 1. The van der Waals surface area contributed by atoms with Crippen LogP contribution in [0.5, 0.6) is 0 Å². The van der Waals surface area contributed by atoms with Crippen molar-refractivity contribution in [1.82, 2.24) is 15.1 Å². The highest BCUT2D eigenvalue weighted by Gasteiger charge is 2.39. The Morgan fingerprint density at radius 1 is 1.25 bits per heavy atom. The summed E-state index contributed by atoms with van der Waals surface area (Å²) in [5.74, 6) is -1.01. The number of nitrogens with zero attached hydrogens (tertiary/aromatic N) is 2. The fraction of sp³-hybridized carbons (Fsp3) is 0.304. The first kappa shape index (κ1) is 21.8. The van der Waals surface area contributed by atoms with Crippen molar-refractivity contribution in [2.24, 2.45) is 0 Å². The average Bonchev–Trinajstić information content (AvgIpc) is 3.08. The number of carbonyl (C=O) groups is 4. The molecule has 0 aromatic heterocycles. The van der Waals surface area contributed by atoms with Crippen molar-refractivity contribution in [2.45, 2.75) is 38.9 Å². The van der Waals surface area contributed by atoms with Crippen LogP contribution in [-0.2, 0) is 22.7 Å². The number of rotatable bonds is 4. The fourth-order valence-corrected chi connectivity index (χ4v) is 4.20. The van der Waals surface area contributed by atoms with Crippen molar-refractivity contribution >= 4 is 41.0 Å². The standard InChI is InChI=1S/C23H23ClN4O4/c1-13-6-7-15(10-18(13)24)25-23(32)27(2)11-14-4-3-5-16-17(14)12-28(22(16)31)19-8-9-20(29)26-21(19)30/h3-7,10,19H,8-9,11-12H2,1-2H3,(H,25,32)(H,26,29,30). The minimum absolute atomic E-state index is 0.204. The van der Waals surface area contributed by atoms with Crippen LogP contribution in [0, 0.1) is 6.92 Å². The summed E-state index contributed by atoms with van der Waals surface area (Å²) in [6.07, 6.45) is 0.510. The molecule has 2 aliphatic rings. The third-order valence-corrected chi connectivity index (χ3v) is 6.26. The third-order valence-electron chi connectivity index (χ3n) is 5.86. The second-order valence-electron chi connectivity index (χ2n) is 8.09. The van der Waals surface area contributed by atoms with Crippen LogP contribution >= 0.6 is 11.6 Å². The number of piperidine rings is 1. The monoisotopic (exact) mass is 454 g/mol. The van der Waals surface area contributed by atoms with E-state index in [1.165, 1.54) is 9.80 Å². The lowest BCUT2D eigenvalue weighted by Crippen LogP contribution is -2.52. The van der Waals surface area contributed by atoms with Crippen LogP contribution in [0.2, 0.25) is 5.02 Å². The summed E-state index contributed by atoms with van der Waals surface area (Å²) in [6, 6.07) is 9.68. The van der Waals surface area contributed by atoms with E-state index in [0.717, 1.165) is 16.7 Å². The maximum Gasteiger partial charge on any atom is 0.321 e. The Balaban J connectivity index is 1.48. The number of hydrogen-bond acceptors (Lipinski definition) is 4. The molecule has 0 bridgehead atoms. The van der Waals surface area contributed by atoms with Crippen molar-refractivity contribution < 1.29 is 19.2 Å². The Labute approximate surface area is 190 Å². The lowest BCUT2D eigenvalue weighted by atomic mass is 10.0. The lowest BCUT2D eigenvalue weighted by molar-refractivity contribution is -0.136. The van der Waals surface area contributed by atoms with Crippen LogP contribution in [0.25, 0.3) is 0 Å². The Morgan fingerprint density at radius 2 is 2.03 bits per heavy atom. The van der Waals surface area contributed by atoms with Crippen LogP contribution in [0.1, 0.15) is 39.9 Å². The van der Waals surface area contributed by atoms with E-state index in [0.29, 0.717) is 22.7 Å². The SMILES string of the molecule is Cc1ccc(NC(=O)N(C)Cc2cccc3c2CN(C2CCC(=O)NC2=O)C3=O)cc1Cl. The predicted octanol–water partition coefficient (Wildman–Crippen LogP) is 3.07. The summed E-state index contributed by atoms with van der Waals surface area (Å²) in [5, 5.41) is 5.69. The number of carbonyl (C=O) groups excluding carboxylic acids is 4. The highest BCUT2D eigenvalue weighted by atomic mass is 35.5. The van der Waals surface area contributed by atoms with Crippen LogP contribution < -0.4 is 10.6 Å². The molecule has 32 heavy (non-hydrogen) atoms. The number of imide groups is 1. The second kappa shape index (κ2) is 8.63. The van der Waals surface area contributed by atoms with Crippen molar-refractivity contribution in [1.29, 1.82) is 0 Å². The first-order valence-electron chi connectivity index (χ1n) is 10.3. The molecule has 2 aliphatic heterocycles. The van der Waals surface area contributed by atoms with E-state index >= 15 is 0 Å². The van der Waals surface area contributed by atoms with Gasteiger partial charge < -0.3 is 15.1 Å². The van der Waals surface area contributed by atoms with Crippen LogP contribution in [0.3, 0.4) is 0 Å². The first-order chi connectivity index (χ1) is 15.2. The maximum absolute atomic E-state index is 13.0. The molecule has 0 aliphatic carbocycles. The molecule has 1 fully saturated rings. The molecule has 1 atom stereocenters. The van der Waals surface area contributed by atoms with Gasteiger partial charge in [-0.1, -0.05) is 29.8 Å². The summed E-state index contributed by atoms with van der Waals surface area (Å²) < 4.78 is 0. The molecular weight excluding hydrogens is 432 g/mol. The normalized spacial score (nSPS) is 17.8. The Bertz CT molecular complexity index is 1130. The van der Waals surface area contributed by atoms with Gasteiger partial charge in [0, 0.05) is 42.8 Å². The van der Waals surface area contributed by atoms with Crippen molar-refractivity contribution in [3.05, 3.63) is 63.7 Å². The van der Waals surface area contributed by atoms with E-state index in [4.69, 9.17) is 11.6 Å². The minimum atomic E-state index is -0.673. The van der Waals surface area contributed by atoms with Gasteiger partial charge in [0.1, 0.15) is 6.04 Å². The van der Waals surface area contributed by atoms with Crippen LogP contribution in [-0.4, -0.2) is 46.6 Å². The number of anilines is 1. The van der Waals surface area contributed by atoms with Gasteiger partial charge in [-0.15, -0.1) is 0 Å². The van der Waals surface area contributed by atoms with Gasteiger partial charge in [0.25, 0.3) is 5.91 Å². The van der Waals surface area contributed by atoms with Gasteiger partial charge in [0.2, 0.25) is 11.8 Å². The molecule has 2 aromatic rings. The van der Waals surface area contributed by atoms with Crippen LogP contribution in [0.4, 0.5) is 10.5 Å². The van der Waals surface area contributed by atoms with Gasteiger partial charge in [0.15, 0.2) is 0 Å². The first-order valence-corrected chi connectivity index (χ1v) is 10.7. The topological polar surface area (TPSA) is 98.8 Å². The van der Waals surface area contributed by atoms with E-state index in [1.807, 2.05) is 19.1 Å². The Hall–Kier alpha value is -3.39. The second-order valence-corrected chi connectivity index (χ2v) is 8.50. The van der Waals surface area contributed by atoms with Gasteiger partial charge in [-0.3, -0.25) is 19.7 Å². The molecule has 2 heterocycles. The van der Waals surface area contributed by atoms with E-state index in [1.54, 1.807) is 31.3 Å². The third kappa shape index (κ3) is 4.18. The predicted molar refractivity (Wildman–Crippen MR) is 119 cm³/mol. The molecule has 2 N–H and O–H groups in total. The van der Waals surface area contributed by atoms with Crippen LogP contribution in [0.15, 0.2) is 36.4 Å². The number of nitrogens with one attached hydrogen (secondary N) is 2. The zero-order chi connectivity index (χ0) is 23.0. The quantitative estimate of drug-likeness (QED) is 0.693. The highest BCUT2D eigenvalue weighted by Crippen LogP contribution is 2.30. The zero-order valence-electron chi connectivity index (χ0n) is 17.8. The molecule has 9 heteroatoms. The van der Waals surface area contributed by atoms with Gasteiger partial charge in [0.05, 0.1) is 0 Å². The molecule has 2 aromatic carbocycles. The lowest BCUT2D eigenvalue weighted by Gasteiger charge is -2.29.